The summed E-state index contributed by atoms with van der Waals surface area (Å²) in [4.78, 5) is 34.0. The molecule has 3 aromatic carbocycles. The van der Waals surface area contributed by atoms with Crippen LogP contribution < -0.4 is 19.6 Å². The fraction of sp³-hybridized carbons (Fsp3) is 0.194. The molecule has 4 aromatic rings. The summed E-state index contributed by atoms with van der Waals surface area (Å²) in [5.74, 6) is 0.0830. The Hall–Kier alpha value is -3.59. The van der Waals surface area contributed by atoms with Gasteiger partial charge < -0.3 is 9.47 Å². The number of hydrogen-bond acceptors (Lipinski definition) is 7. The molecular weight excluding hydrogens is 564 g/mol. The lowest BCUT2D eigenvalue weighted by Gasteiger charge is -2.26. The monoisotopic (exact) mass is 590 g/mol. The molecule has 9 heteroatoms. The van der Waals surface area contributed by atoms with Gasteiger partial charge in [-0.05, 0) is 61.6 Å². The summed E-state index contributed by atoms with van der Waals surface area (Å²) >= 11 is 9.31. The summed E-state index contributed by atoms with van der Waals surface area (Å²) < 4.78 is 13.1. The van der Waals surface area contributed by atoms with Crippen molar-refractivity contribution in [1.29, 1.82) is 0 Å². The second kappa shape index (κ2) is 12.3. The number of aromatic nitrogens is 1. The van der Waals surface area contributed by atoms with Gasteiger partial charge in [0.25, 0.3) is 5.56 Å². The third-order valence-electron chi connectivity index (χ3n) is 6.36. The number of ether oxygens (including phenoxy) is 2. The zero-order valence-electron chi connectivity index (χ0n) is 22.2. The first-order valence-electron chi connectivity index (χ1n) is 12.8. The van der Waals surface area contributed by atoms with Crippen LogP contribution in [0.5, 0.6) is 5.75 Å². The lowest BCUT2D eigenvalue weighted by atomic mass is 9.93. The van der Waals surface area contributed by atoms with E-state index in [-0.39, 0.29) is 12.2 Å². The van der Waals surface area contributed by atoms with Crippen LogP contribution in [0.4, 0.5) is 0 Å². The summed E-state index contributed by atoms with van der Waals surface area (Å²) in [7, 11) is 0. The summed E-state index contributed by atoms with van der Waals surface area (Å²) in [5, 5.41) is 0.464. The molecule has 1 aromatic heterocycles. The smallest absolute Gasteiger partial charge is 0.338 e. The van der Waals surface area contributed by atoms with Gasteiger partial charge in [0.1, 0.15) is 5.75 Å². The molecule has 0 unspecified atom stereocenters. The highest BCUT2D eigenvalue weighted by atomic mass is 35.5. The number of halogens is 1. The normalized spacial score (nSPS) is 15.0. The van der Waals surface area contributed by atoms with Crippen LogP contribution in [0.15, 0.2) is 93.1 Å². The molecule has 0 bridgehead atoms. The van der Waals surface area contributed by atoms with E-state index in [2.05, 4.69) is 0 Å². The van der Waals surface area contributed by atoms with Crippen molar-refractivity contribution in [2.75, 3.05) is 19.5 Å². The first-order valence-corrected chi connectivity index (χ1v) is 15.2. The predicted molar refractivity (Wildman–Crippen MR) is 162 cm³/mol. The molecule has 6 nitrogen and oxygen atoms in total. The molecule has 0 amide bonds. The molecule has 40 heavy (non-hydrogen) atoms. The van der Waals surface area contributed by atoms with Crippen LogP contribution in [0.3, 0.4) is 0 Å². The van der Waals surface area contributed by atoms with E-state index in [0.717, 1.165) is 21.6 Å². The second-order valence-electron chi connectivity index (χ2n) is 8.83. The van der Waals surface area contributed by atoms with Gasteiger partial charge in [0.15, 0.2) is 4.80 Å². The van der Waals surface area contributed by atoms with E-state index in [1.165, 1.54) is 11.3 Å². The van der Waals surface area contributed by atoms with E-state index in [9.17, 15) is 9.59 Å². The van der Waals surface area contributed by atoms with Gasteiger partial charge in [-0.2, -0.15) is 0 Å². The number of esters is 1. The summed E-state index contributed by atoms with van der Waals surface area (Å²) in [6.45, 7) is 4.36. The van der Waals surface area contributed by atoms with E-state index >= 15 is 0 Å². The standard InChI is InChI=1S/C31H27ClN2O4S2/c1-4-37-24-16-11-19(17-23(24)32)18-25-29(35)34-28(21-12-14-22(39-3)15-13-21)26(30(36)38-5-2)27(33-31(34)40-25)20-9-7-6-8-10-20/h6-18,28H,4-5H2,1-3H3/b25-18-/t28-/m1/s1. The van der Waals surface area contributed by atoms with Crippen LogP contribution in [0, 0.1) is 0 Å². The van der Waals surface area contributed by atoms with Crippen molar-refractivity contribution in [2.45, 2.75) is 24.8 Å². The Kier molecular flexibility index (Phi) is 8.59. The Morgan fingerprint density at radius 1 is 1.07 bits per heavy atom. The zero-order valence-corrected chi connectivity index (χ0v) is 24.6. The van der Waals surface area contributed by atoms with Crippen LogP contribution in [0.1, 0.15) is 36.6 Å². The van der Waals surface area contributed by atoms with Gasteiger partial charge in [0.05, 0.1) is 40.1 Å². The Bertz CT molecular complexity index is 1760. The Balaban J connectivity index is 1.77. The zero-order chi connectivity index (χ0) is 28.2. The maximum Gasteiger partial charge on any atom is 0.338 e. The number of thioether (sulfide) groups is 1. The van der Waals surface area contributed by atoms with Crippen LogP contribution in [-0.4, -0.2) is 30.0 Å². The minimum Gasteiger partial charge on any atom is -0.492 e. The van der Waals surface area contributed by atoms with Gasteiger partial charge in [-0.3, -0.25) is 9.36 Å². The molecule has 0 saturated carbocycles. The van der Waals surface area contributed by atoms with E-state index in [1.54, 1.807) is 41.5 Å². The number of fused-ring (bicyclic) bond motifs is 1. The topological polar surface area (TPSA) is 69.9 Å². The van der Waals surface area contributed by atoms with Gasteiger partial charge in [-0.15, -0.1) is 11.8 Å². The number of carbonyl (C=O) groups excluding carboxylic acids is 1. The van der Waals surface area contributed by atoms with E-state index in [1.807, 2.05) is 73.8 Å². The number of benzene rings is 3. The highest BCUT2D eigenvalue weighted by Gasteiger charge is 2.35. The average molecular weight is 591 g/mol. The molecule has 204 valence electrons. The molecule has 2 heterocycles. The van der Waals surface area contributed by atoms with Gasteiger partial charge in [0, 0.05) is 10.5 Å². The number of rotatable bonds is 8. The van der Waals surface area contributed by atoms with Crippen molar-refractivity contribution in [3.63, 3.8) is 0 Å². The lowest BCUT2D eigenvalue weighted by Crippen LogP contribution is -2.40. The largest absolute Gasteiger partial charge is 0.492 e. The first kappa shape index (κ1) is 28.0. The molecule has 5 rings (SSSR count). The first-order chi connectivity index (χ1) is 19.4. The molecule has 0 spiro atoms. The molecule has 0 saturated heterocycles. The number of thiazole rings is 1. The molecule has 0 N–H and O–H groups in total. The highest BCUT2D eigenvalue weighted by Crippen LogP contribution is 2.35. The quantitative estimate of drug-likeness (QED) is 0.194. The van der Waals surface area contributed by atoms with Crippen molar-refractivity contribution in [3.8, 4) is 5.75 Å². The third kappa shape index (κ3) is 5.52. The van der Waals surface area contributed by atoms with Gasteiger partial charge in [0.2, 0.25) is 0 Å². The Morgan fingerprint density at radius 2 is 1.82 bits per heavy atom. The van der Waals surface area contributed by atoms with Gasteiger partial charge in [-0.25, -0.2) is 9.79 Å². The van der Waals surface area contributed by atoms with E-state index in [0.29, 0.717) is 38.0 Å². The Morgan fingerprint density at radius 3 is 2.48 bits per heavy atom. The van der Waals surface area contributed by atoms with Crippen LogP contribution >= 0.6 is 34.7 Å². The summed E-state index contributed by atoms with van der Waals surface area (Å²) in [5.41, 5.74) is 2.89. The summed E-state index contributed by atoms with van der Waals surface area (Å²) in [6, 6.07) is 22.1. The highest BCUT2D eigenvalue weighted by molar-refractivity contribution is 7.98. The van der Waals surface area contributed by atoms with Crippen molar-refractivity contribution in [3.05, 3.63) is 120 Å². The fourth-order valence-electron chi connectivity index (χ4n) is 4.57. The average Bonchev–Trinajstić information content (AvgIpc) is 3.28. The van der Waals surface area contributed by atoms with Crippen LogP contribution in [0.25, 0.3) is 11.8 Å². The van der Waals surface area contributed by atoms with Crippen LogP contribution in [0.2, 0.25) is 5.02 Å². The van der Waals surface area contributed by atoms with Crippen molar-refractivity contribution in [1.82, 2.24) is 4.57 Å². The lowest BCUT2D eigenvalue weighted by molar-refractivity contribution is -0.138. The van der Waals surface area contributed by atoms with Crippen molar-refractivity contribution in [2.24, 2.45) is 4.99 Å². The molecule has 1 aliphatic rings. The van der Waals surface area contributed by atoms with E-state index in [4.69, 9.17) is 26.1 Å². The minimum atomic E-state index is -0.715. The predicted octanol–water partition coefficient (Wildman–Crippen LogP) is 5.71. The number of carbonyl (C=O) groups is 1. The number of hydrogen-bond donors (Lipinski definition) is 0. The van der Waals surface area contributed by atoms with Crippen molar-refractivity contribution >= 4 is 52.4 Å². The maximum atomic E-state index is 14.0. The molecule has 0 radical (unpaired) electrons. The van der Waals surface area contributed by atoms with Crippen LogP contribution in [-0.2, 0) is 9.53 Å². The number of nitrogens with zero attached hydrogens (tertiary/aromatic N) is 2. The molecular formula is C31H27ClN2O4S2. The molecule has 0 fully saturated rings. The van der Waals surface area contributed by atoms with E-state index < -0.39 is 12.0 Å². The minimum absolute atomic E-state index is 0.200. The molecule has 0 aliphatic carbocycles. The molecule has 1 aliphatic heterocycles. The summed E-state index contributed by atoms with van der Waals surface area (Å²) in [6.07, 6.45) is 3.79. The Labute approximate surface area is 245 Å². The van der Waals surface area contributed by atoms with Crippen molar-refractivity contribution < 1.29 is 14.3 Å². The van der Waals surface area contributed by atoms with Gasteiger partial charge in [-0.1, -0.05) is 71.5 Å². The third-order valence-corrected chi connectivity index (χ3v) is 8.38. The van der Waals surface area contributed by atoms with Gasteiger partial charge >= 0.3 is 5.97 Å². The fourth-order valence-corrected chi connectivity index (χ4v) is 6.23. The molecule has 1 atom stereocenters. The maximum absolute atomic E-state index is 14.0. The SMILES string of the molecule is CCOC(=O)C1=C(c2ccccc2)N=c2s/c(=C\c3ccc(OCC)c(Cl)c3)c(=O)n2[C@@H]1c1ccc(SC)cc1. The second-order valence-corrected chi connectivity index (χ2v) is 11.1.